The van der Waals surface area contributed by atoms with E-state index in [-0.39, 0.29) is 5.54 Å². The molecule has 6 N–H and O–H groups in total. The van der Waals surface area contributed by atoms with E-state index >= 15 is 0 Å². The van der Waals surface area contributed by atoms with Crippen LogP contribution in [0.15, 0.2) is 46.1 Å². The lowest BCUT2D eigenvalue weighted by atomic mass is 9.95. The molecular weight excluding hydrogens is 376 g/mol. The zero-order valence-electron chi connectivity index (χ0n) is 17.7. The van der Waals surface area contributed by atoms with E-state index in [4.69, 9.17) is 11.5 Å². The van der Waals surface area contributed by atoms with E-state index < -0.39 is 0 Å². The third-order valence-corrected chi connectivity index (χ3v) is 7.37. The third kappa shape index (κ3) is 3.99. The molecule has 4 nitrogen and oxygen atoms in total. The van der Waals surface area contributed by atoms with Gasteiger partial charge in [0.05, 0.1) is 0 Å². The predicted octanol–water partition coefficient (Wildman–Crippen LogP) is 4.37. The monoisotopic (exact) mass is 408 g/mol. The Bertz CT molecular complexity index is 912. The van der Waals surface area contributed by atoms with E-state index in [1.807, 2.05) is 7.05 Å². The number of hydrogen-bond acceptors (Lipinski definition) is 5. The van der Waals surface area contributed by atoms with Gasteiger partial charge >= 0.3 is 0 Å². The molecule has 154 valence electrons. The first-order chi connectivity index (χ1) is 13.9. The molecule has 29 heavy (non-hydrogen) atoms. The van der Waals surface area contributed by atoms with E-state index in [0.717, 1.165) is 17.7 Å². The zero-order chi connectivity index (χ0) is 20.6. The van der Waals surface area contributed by atoms with Gasteiger partial charge < -0.3 is 22.1 Å². The van der Waals surface area contributed by atoms with Gasteiger partial charge in [0, 0.05) is 16.1 Å². The zero-order valence-corrected chi connectivity index (χ0v) is 18.5. The molecule has 0 bridgehead atoms. The molecule has 0 unspecified atom stereocenters. The molecule has 0 spiro atoms. The Morgan fingerprint density at radius 3 is 2.07 bits per heavy atom. The number of nitrogens with one attached hydrogen (secondary N) is 2. The number of aryl methyl sites for hydroxylation is 2. The molecule has 0 atom stereocenters. The van der Waals surface area contributed by atoms with Crippen molar-refractivity contribution in [3.63, 3.8) is 0 Å². The summed E-state index contributed by atoms with van der Waals surface area (Å²) in [5.41, 5.74) is 21.1. The highest BCUT2D eigenvalue weighted by Crippen LogP contribution is 2.39. The average molecular weight is 409 g/mol. The minimum atomic E-state index is -0.0563. The highest BCUT2D eigenvalue weighted by molar-refractivity contribution is 8.03. The molecule has 2 aromatic rings. The summed E-state index contributed by atoms with van der Waals surface area (Å²) in [7, 11) is 1.98. The van der Waals surface area contributed by atoms with Crippen molar-refractivity contribution in [2.45, 2.75) is 62.8 Å². The van der Waals surface area contributed by atoms with Gasteiger partial charge in [0.1, 0.15) is 10.9 Å². The SMILES string of the molecule is CNC(C)(C)c1ccc(S/C(N)=C(\N)Nc2c3c(cc4c2CCC4)CCC3)cc1. The van der Waals surface area contributed by atoms with Crippen LogP contribution in [0.2, 0.25) is 0 Å². The lowest BCUT2D eigenvalue weighted by molar-refractivity contribution is 0.444. The summed E-state index contributed by atoms with van der Waals surface area (Å²) >= 11 is 1.51. The smallest absolute Gasteiger partial charge is 0.131 e. The van der Waals surface area contributed by atoms with Gasteiger partial charge in [-0.05, 0) is 99.4 Å². The number of hydrogen-bond donors (Lipinski definition) is 4. The minimum Gasteiger partial charge on any atom is -0.390 e. The lowest BCUT2D eigenvalue weighted by Gasteiger charge is -2.24. The van der Waals surface area contributed by atoms with E-state index in [1.165, 1.54) is 70.9 Å². The van der Waals surface area contributed by atoms with E-state index in [1.54, 1.807) is 0 Å². The lowest BCUT2D eigenvalue weighted by Crippen LogP contribution is -2.32. The molecule has 0 aliphatic heterocycles. The van der Waals surface area contributed by atoms with E-state index in [0.29, 0.717) is 10.9 Å². The van der Waals surface area contributed by atoms with Gasteiger partial charge in [0.2, 0.25) is 0 Å². The van der Waals surface area contributed by atoms with Crippen molar-refractivity contribution in [1.82, 2.24) is 5.32 Å². The molecule has 0 saturated carbocycles. The Kier molecular flexibility index (Phi) is 5.54. The predicted molar refractivity (Wildman–Crippen MR) is 124 cm³/mol. The quantitative estimate of drug-likeness (QED) is 0.534. The van der Waals surface area contributed by atoms with Crippen LogP contribution in [0.3, 0.4) is 0 Å². The summed E-state index contributed by atoms with van der Waals surface area (Å²) in [6.07, 6.45) is 7.09. The molecule has 0 saturated heterocycles. The molecule has 2 aliphatic carbocycles. The number of thioether (sulfide) groups is 1. The maximum Gasteiger partial charge on any atom is 0.131 e. The number of anilines is 1. The molecule has 4 rings (SSSR count). The number of rotatable bonds is 6. The molecular formula is C24H32N4S. The Balaban J connectivity index is 1.55. The van der Waals surface area contributed by atoms with Crippen molar-refractivity contribution in [2.24, 2.45) is 11.5 Å². The van der Waals surface area contributed by atoms with Crippen molar-refractivity contribution in [2.75, 3.05) is 12.4 Å². The minimum absolute atomic E-state index is 0.0563. The number of nitrogens with two attached hydrogens (primary N) is 2. The Morgan fingerprint density at radius 1 is 0.931 bits per heavy atom. The van der Waals surface area contributed by atoms with Crippen LogP contribution in [0.25, 0.3) is 0 Å². The van der Waals surface area contributed by atoms with Crippen molar-refractivity contribution >= 4 is 17.4 Å². The third-order valence-electron chi connectivity index (χ3n) is 6.43. The van der Waals surface area contributed by atoms with Gasteiger partial charge in [0.15, 0.2) is 0 Å². The Hall–Kier alpha value is -2.11. The van der Waals surface area contributed by atoms with Crippen LogP contribution in [0.5, 0.6) is 0 Å². The van der Waals surface area contributed by atoms with E-state index in [2.05, 4.69) is 54.8 Å². The maximum absolute atomic E-state index is 6.42. The highest BCUT2D eigenvalue weighted by atomic mass is 32.2. The first kappa shape index (κ1) is 20.2. The first-order valence-corrected chi connectivity index (χ1v) is 11.4. The normalized spacial score (nSPS) is 16.4. The van der Waals surface area contributed by atoms with Gasteiger partial charge in [-0.15, -0.1) is 0 Å². The fourth-order valence-electron chi connectivity index (χ4n) is 4.43. The van der Waals surface area contributed by atoms with Crippen molar-refractivity contribution in [1.29, 1.82) is 0 Å². The van der Waals surface area contributed by atoms with Crippen LogP contribution in [0, 0.1) is 0 Å². The first-order valence-electron chi connectivity index (χ1n) is 10.5. The Morgan fingerprint density at radius 2 is 1.52 bits per heavy atom. The van der Waals surface area contributed by atoms with Gasteiger partial charge in [-0.2, -0.15) is 0 Å². The second-order valence-electron chi connectivity index (χ2n) is 8.64. The van der Waals surface area contributed by atoms with Crippen LogP contribution in [0.4, 0.5) is 5.69 Å². The summed E-state index contributed by atoms with van der Waals surface area (Å²) < 4.78 is 0. The van der Waals surface area contributed by atoms with Crippen molar-refractivity contribution in [3.8, 4) is 0 Å². The molecule has 0 radical (unpaired) electrons. The van der Waals surface area contributed by atoms with Gasteiger partial charge in [0.25, 0.3) is 0 Å². The molecule has 2 aromatic carbocycles. The molecule has 0 aromatic heterocycles. The molecule has 2 aliphatic rings. The molecule has 0 heterocycles. The summed E-state index contributed by atoms with van der Waals surface area (Å²) in [5, 5.41) is 7.46. The summed E-state index contributed by atoms with van der Waals surface area (Å²) in [4.78, 5) is 1.09. The van der Waals surface area contributed by atoms with Gasteiger partial charge in [-0.25, -0.2) is 0 Å². The van der Waals surface area contributed by atoms with Crippen LogP contribution in [-0.2, 0) is 31.2 Å². The van der Waals surface area contributed by atoms with Crippen molar-refractivity contribution in [3.05, 3.63) is 69.0 Å². The van der Waals surface area contributed by atoms with Crippen LogP contribution in [0.1, 0.15) is 54.5 Å². The van der Waals surface area contributed by atoms with Crippen LogP contribution < -0.4 is 22.1 Å². The molecule has 5 heteroatoms. The second-order valence-corrected chi connectivity index (χ2v) is 9.75. The summed E-state index contributed by atoms with van der Waals surface area (Å²) in [6.45, 7) is 4.34. The number of benzene rings is 2. The fourth-order valence-corrected chi connectivity index (χ4v) is 5.12. The number of fused-ring (bicyclic) bond motifs is 2. The molecule has 0 amide bonds. The summed E-state index contributed by atoms with van der Waals surface area (Å²) in [6, 6.07) is 10.9. The van der Waals surface area contributed by atoms with Crippen molar-refractivity contribution < 1.29 is 0 Å². The van der Waals surface area contributed by atoms with Gasteiger partial charge in [-0.3, -0.25) is 0 Å². The summed E-state index contributed by atoms with van der Waals surface area (Å²) in [5.74, 6) is 0.559. The topological polar surface area (TPSA) is 76.1 Å². The highest BCUT2D eigenvalue weighted by Gasteiger charge is 2.24. The second kappa shape index (κ2) is 7.96. The Labute approximate surface area is 178 Å². The largest absolute Gasteiger partial charge is 0.390 e. The van der Waals surface area contributed by atoms with Gasteiger partial charge in [-0.1, -0.05) is 30.0 Å². The average Bonchev–Trinajstić information content (AvgIpc) is 3.37. The maximum atomic E-state index is 6.42. The fraction of sp³-hybridized carbons (Fsp3) is 0.417. The van der Waals surface area contributed by atoms with Crippen LogP contribution in [-0.4, -0.2) is 7.05 Å². The molecule has 0 fully saturated rings. The standard InChI is InChI=1S/C24H32N4S/c1-24(2,27-3)17-10-12-18(13-11-17)29-23(26)22(25)28-21-19-8-4-6-15(19)14-16-7-5-9-20(16)21/h10-14,27-28H,4-9,25-26H2,1-3H3/b23-22+. The van der Waals surface area contributed by atoms with E-state index in [9.17, 15) is 0 Å². The van der Waals surface area contributed by atoms with Crippen LogP contribution >= 0.6 is 11.8 Å².